The molecule has 1 rings (SSSR count). The molecule has 0 saturated carbocycles. The summed E-state index contributed by atoms with van der Waals surface area (Å²) < 4.78 is 5.11. The molecular formula is C22H36O3. The normalized spacial score (nSPS) is 10.8. The van der Waals surface area contributed by atoms with Gasteiger partial charge in [0.2, 0.25) is 0 Å². The second-order valence-electron chi connectivity index (χ2n) is 6.95. The first kappa shape index (κ1) is 21.5. The minimum atomic E-state index is -0.333. The van der Waals surface area contributed by atoms with Crippen LogP contribution >= 0.6 is 0 Å². The standard InChI is InChI=1S/C22H36O3/c1-4-6-7-8-9-10-11-12-13-14-15-19-16-18(3)21(23)17-20(19)22(24)25-5-2/h16-17,23H,4-15H2,1-3H3. The highest BCUT2D eigenvalue weighted by Gasteiger charge is 2.15. The molecule has 0 spiro atoms. The molecule has 0 unspecified atom stereocenters. The van der Waals surface area contributed by atoms with Gasteiger partial charge in [-0.15, -0.1) is 0 Å². The summed E-state index contributed by atoms with van der Waals surface area (Å²) >= 11 is 0. The van der Waals surface area contributed by atoms with Crippen LogP contribution in [0.1, 0.15) is 99.5 Å². The second-order valence-corrected chi connectivity index (χ2v) is 6.95. The van der Waals surface area contributed by atoms with Crippen LogP contribution in [0.15, 0.2) is 12.1 Å². The molecule has 0 aromatic heterocycles. The summed E-state index contributed by atoms with van der Waals surface area (Å²) in [5.74, 6) is -0.172. The lowest BCUT2D eigenvalue weighted by molar-refractivity contribution is 0.0524. The molecule has 0 saturated heterocycles. The maximum absolute atomic E-state index is 12.1. The lowest BCUT2D eigenvalue weighted by Gasteiger charge is -2.11. The topological polar surface area (TPSA) is 46.5 Å². The van der Waals surface area contributed by atoms with Crippen LogP contribution < -0.4 is 0 Å². The largest absolute Gasteiger partial charge is 0.508 e. The number of carbonyl (C=O) groups is 1. The summed E-state index contributed by atoms with van der Waals surface area (Å²) in [5, 5.41) is 9.88. The van der Waals surface area contributed by atoms with Gasteiger partial charge in [0, 0.05) is 0 Å². The number of rotatable bonds is 13. The molecule has 0 fully saturated rings. The highest BCUT2D eigenvalue weighted by Crippen LogP contribution is 2.24. The van der Waals surface area contributed by atoms with Crippen LogP contribution in [-0.2, 0) is 11.2 Å². The van der Waals surface area contributed by atoms with Crippen LogP contribution in [0, 0.1) is 6.92 Å². The van der Waals surface area contributed by atoms with E-state index in [0.29, 0.717) is 12.2 Å². The molecule has 1 aromatic rings. The molecule has 0 atom stereocenters. The number of hydrogen-bond acceptors (Lipinski definition) is 3. The van der Waals surface area contributed by atoms with E-state index in [0.717, 1.165) is 24.0 Å². The Bertz CT molecular complexity index is 508. The predicted molar refractivity (Wildman–Crippen MR) is 104 cm³/mol. The van der Waals surface area contributed by atoms with Gasteiger partial charge in [-0.2, -0.15) is 0 Å². The number of aromatic hydroxyl groups is 1. The van der Waals surface area contributed by atoms with Crippen molar-refractivity contribution < 1.29 is 14.6 Å². The van der Waals surface area contributed by atoms with Crippen molar-refractivity contribution >= 4 is 5.97 Å². The van der Waals surface area contributed by atoms with Crippen molar-refractivity contribution in [2.45, 2.75) is 91.4 Å². The third kappa shape index (κ3) is 8.42. The third-order valence-corrected chi connectivity index (χ3v) is 4.72. The summed E-state index contributed by atoms with van der Waals surface area (Å²) in [6.45, 7) is 6.27. The number of aryl methyl sites for hydroxylation is 2. The van der Waals surface area contributed by atoms with Crippen molar-refractivity contribution in [1.29, 1.82) is 0 Å². The molecule has 0 aliphatic heterocycles. The first-order valence-electron chi connectivity index (χ1n) is 10.1. The zero-order valence-electron chi connectivity index (χ0n) is 16.4. The molecule has 3 heteroatoms. The highest BCUT2D eigenvalue weighted by molar-refractivity contribution is 5.91. The van der Waals surface area contributed by atoms with Crippen LogP contribution in [0.5, 0.6) is 5.75 Å². The van der Waals surface area contributed by atoms with E-state index >= 15 is 0 Å². The summed E-state index contributed by atoms with van der Waals surface area (Å²) in [7, 11) is 0. The number of esters is 1. The molecule has 0 radical (unpaired) electrons. The SMILES string of the molecule is CCCCCCCCCCCCc1cc(C)c(O)cc1C(=O)OCC. The van der Waals surface area contributed by atoms with E-state index in [2.05, 4.69) is 6.92 Å². The van der Waals surface area contributed by atoms with Crippen LogP contribution in [-0.4, -0.2) is 17.7 Å². The molecule has 1 aromatic carbocycles. The van der Waals surface area contributed by atoms with Crippen molar-refractivity contribution in [2.75, 3.05) is 6.61 Å². The maximum atomic E-state index is 12.1. The van der Waals surface area contributed by atoms with E-state index in [-0.39, 0.29) is 11.7 Å². The summed E-state index contributed by atoms with van der Waals surface area (Å²) in [4.78, 5) is 12.1. The fourth-order valence-corrected chi connectivity index (χ4v) is 3.16. The quantitative estimate of drug-likeness (QED) is 0.334. The lowest BCUT2D eigenvalue weighted by atomic mass is 9.97. The van der Waals surface area contributed by atoms with E-state index in [1.54, 1.807) is 13.0 Å². The lowest BCUT2D eigenvalue weighted by Crippen LogP contribution is -2.08. The number of hydrogen-bond donors (Lipinski definition) is 1. The number of ether oxygens (including phenoxy) is 1. The van der Waals surface area contributed by atoms with Gasteiger partial charge in [0.05, 0.1) is 12.2 Å². The van der Waals surface area contributed by atoms with Crippen molar-refractivity contribution in [2.24, 2.45) is 0 Å². The van der Waals surface area contributed by atoms with Crippen molar-refractivity contribution in [3.63, 3.8) is 0 Å². The minimum Gasteiger partial charge on any atom is -0.508 e. The summed E-state index contributed by atoms with van der Waals surface area (Å²) in [5.41, 5.74) is 2.32. The fourth-order valence-electron chi connectivity index (χ4n) is 3.16. The van der Waals surface area contributed by atoms with Crippen LogP contribution in [0.2, 0.25) is 0 Å². The number of carbonyl (C=O) groups excluding carboxylic acids is 1. The predicted octanol–water partition coefficient (Wildman–Crippen LogP) is 6.34. The molecule has 0 aliphatic carbocycles. The first-order chi connectivity index (χ1) is 12.1. The Balaban J connectivity index is 2.34. The average Bonchev–Trinajstić information content (AvgIpc) is 2.59. The summed E-state index contributed by atoms with van der Waals surface area (Å²) in [6, 6.07) is 3.48. The molecule has 0 heterocycles. The Morgan fingerprint density at radius 1 is 0.920 bits per heavy atom. The molecule has 3 nitrogen and oxygen atoms in total. The van der Waals surface area contributed by atoms with Crippen molar-refractivity contribution in [3.05, 3.63) is 28.8 Å². The zero-order valence-corrected chi connectivity index (χ0v) is 16.4. The smallest absolute Gasteiger partial charge is 0.338 e. The molecule has 25 heavy (non-hydrogen) atoms. The van der Waals surface area contributed by atoms with Gasteiger partial charge in [-0.25, -0.2) is 4.79 Å². The van der Waals surface area contributed by atoms with Gasteiger partial charge in [-0.05, 0) is 43.9 Å². The number of benzene rings is 1. The minimum absolute atomic E-state index is 0.162. The second kappa shape index (κ2) is 12.8. The Morgan fingerprint density at radius 2 is 1.48 bits per heavy atom. The van der Waals surface area contributed by atoms with Crippen molar-refractivity contribution in [3.8, 4) is 5.75 Å². The highest BCUT2D eigenvalue weighted by atomic mass is 16.5. The van der Waals surface area contributed by atoms with Gasteiger partial charge in [0.15, 0.2) is 0 Å². The van der Waals surface area contributed by atoms with Gasteiger partial charge in [0.1, 0.15) is 5.75 Å². The third-order valence-electron chi connectivity index (χ3n) is 4.72. The van der Waals surface area contributed by atoms with Gasteiger partial charge in [-0.3, -0.25) is 0 Å². The maximum Gasteiger partial charge on any atom is 0.338 e. The Hall–Kier alpha value is -1.51. The number of phenolic OH excluding ortho intramolecular Hbond substituents is 1. The molecule has 0 bridgehead atoms. The van der Waals surface area contributed by atoms with Crippen LogP contribution in [0.25, 0.3) is 0 Å². The Kier molecular flexibility index (Phi) is 11.0. The Morgan fingerprint density at radius 3 is 2.04 bits per heavy atom. The van der Waals surface area contributed by atoms with Gasteiger partial charge < -0.3 is 9.84 Å². The van der Waals surface area contributed by atoms with E-state index < -0.39 is 0 Å². The summed E-state index contributed by atoms with van der Waals surface area (Å²) in [6.07, 6.45) is 13.9. The van der Waals surface area contributed by atoms with E-state index in [1.807, 2.05) is 13.0 Å². The average molecular weight is 349 g/mol. The molecule has 142 valence electrons. The Labute approximate surface area is 153 Å². The molecule has 0 aliphatic rings. The van der Waals surface area contributed by atoms with Gasteiger partial charge in [0.25, 0.3) is 0 Å². The van der Waals surface area contributed by atoms with E-state index in [4.69, 9.17) is 4.74 Å². The number of phenols is 1. The van der Waals surface area contributed by atoms with E-state index in [9.17, 15) is 9.90 Å². The zero-order chi connectivity index (χ0) is 18.5. The number of unbranched alkanes of at least 4 members (excludes halogenated alkanes) is 9. The van der Waals surface area contributed by atoms with Gasteiger partial charge >= 0.3 is 5.97 Å². The molecular weight excluding hydrogens is 312 g/mol. The monoisotopic (exact) mass is 348 g/mol. The van der Waals surface area contributed by atoms with E-state index in [1.165, 1.54) is 57.8 Å². The van der Waals surface area contributed by atoms with Gasteiger partial charge in [-0.1, -0.05) is 70.8 Å². The molecule has 0 amide bonds. The van der Waals surface area contributed by atoms with Crippen molar-refractivity contribution in [1.82, 2.24) is 0 Å². The van der Waals surface area contributed by atoms with Crippen LogP contribution in [0.3, 0.4) is 0 Å². The fraction of sp³-hybridized carbons (Fsp3) is 0.682. The first-order valence-corrected chi connectivity index (χ1v) is 10.1. The van der Waals surface area contributed by atoms with Crippen LogP contribution in [0.4, 0.5) is 0 Å². The molecule has 1 N–H and O–H groups in total.